The van der Waals surface area contributed by atoms with Gasteiger partial charge in [-0.05, 0) is 61.8 Å². The van der Waals surface area contributed by atoms with Gasteiger partial charge in [0.2, 0.25) is 5.91 Å². The molecule has 0 atom stereocenters. The van der Waals surface area contributed by atoms with Gasteiger partial charge < -0.3 is 9.64 Å². The summed E-state index contributed by atoms with van der Waals surface area (Å²) in [5.74, 6) is 0.863. The molecule has 3 aromatic rings. The second kappa shape index (κ2) is 10.0. The fourth-order valence-electron chi connectivity index (χ4n) is 3.60. The molecule has 30 heavy (non-hydrogen) atoms. The summed E-state index contributed by atoms with van der Waals surface area (Å²) in [5, 5.41) is 0.782. The first-order chi connectivity index (χ1) is 14.4. The Kier molecular flexibility index (Phi) is 7.45. The van der Waals surface area contributed by atoms with Crippen LogP contribution in [0, 0.1) is 13.8 Å². The van der Waals surface area contributed by atoms with Crippen LogP contribution in [0.25, 0.3) is 10.2 Å². The van der Waals surface area contributed by atoms with Crippen molar-refractivity contribution in [3.63, 3.8) is 0 Å². The lowest BCUT2D eigenvalue weighted by atomic mass is 10.1. The molecule has 2 aromatic carbocycles. The molecule has 0 radical (unpaired) electrons. The number of fused-ring (bicyclic) bond motifs is 1. The van der Waals surface area contributed by atoms with Gasteiger partial charge in [-0.3, -0.25) is 9.69 Å². The number of thiazole rings is 1. The van der Waals surface area contributed by atoms with Gasteiger partial charge in [0, 0.05) is 13.1 Å². The van der Waals surface area contributed by atoms with Crippen molar-refractivity contribution in [1.82, 2.24) is 9.88 Å². The first kappa shape index (κ1) is 22.2. The lowest BCUT2D eigenvalue weighted by molar-refractivity contribution is -0.118. The zero-order valence-corrected chi connectivity index (χ0v) is 19.4. The number of aryl methyl sites for hydroxylation is 2. The predicted molar refractivity (Wildman–Crippen MR) is 126 cm³/mol. The van der Waals surface area contributed by atoms with E-state index < -0.39 is 0 Å². The number of nitrogens with zero attached hydrogens (tertiary/aromatic N) is 3. The number of rotatable bonds is 9. The molecule has 0 aliphatic rings. The number of hydrogen-bond donors (Lipinski definition) is 0. The zero-order chi connectivity index (χ0) is 21.7. The van der Waals surface area contributed by atoms with Gasteiger partial charge in [-0.15, -0.1) is 0 Å². The summed E-state index contributed by atoms with van der Waals surface area (Å²) in [6.07, 6.45) is 0.343. The molecule has 160 valence electrons. The van der Waals surface area contributed by atoms with Crippen LogP contribution in [0.4, 0.5) is 5.13 Å². The summed E-state index contributed by atoms with van der Waals surface area (Å²) in [4.78, 5) is 22.4. The molecule has 0 fully saturated rings. The fraction of sp³-hybridized carbons (Fsp3) is 0.417. The minimum absolute atomic E-state index is 0.0701. The maximum Gasteiger partial charge on any atom is 0.233 e. The third-order valence-corrected chi connectivity index (χ3v) is 6.42. The van der Waals surface area contributed by atoms with Gasteiger partial charge >= 0.3 is 0 Å². The van der Waals surface area contributed by atoms with E-state index in [0.29, 0.717) is 13.0 Å². The Balaban J connectivity index is 1.89. The van der Waals surface area contributed by atoms with Gasteiger partial charge in [0.05, 0.1) is 23.7 Å². The number of carbonyl (C=O) groups excluding carboxylic acids is 1. The number of likely N-dealkylation sites (N-methyl/N-ethyl adjacent to an activating group) is 1. The van der Waals surface area contributed by atoms with Gasteiger partial charge in [-0.25, -0.2) is 4.98 Å². The lowest BCUT2D eigenvalue weighted by Gasteiger charge is -2.24. The Morgan fingerprint density at radius 3 is 2.40 bits per heavy atom. The second-order valence-corrected chi connectivity index (χ2v) is 8.53. The normalized spacial score (nSPS) is 11.3. The van der Waals surface area contributed by atoms with Gasteiger partial charge in [0.25, 0.3) is 0 Å². The molecule has 0 saturated heterocycles. The monoisotopic (exact) mass is 425 g/mol. The Labute approximate surface area is 183 Å². The topological polar surface area (TPSA) is 45.7 Å². The summed E-state index contributed by atoms with van der Waals surface area (Å²) in [6, 6.07) is 12.0. The smallest absolute Gasteiger partial charge is 0.233 e. The third-order valence-electron chi connectivity index (χ3n) is 5.40. The van der Waals surface area contributed by atoms with Crippen LogP contribution in [0.3, 0.4) is 0 Å². The number of hydrogen-bond acceptors (Lipinski definition) is 5. The number of carbonyl (C=O) groups is 1. The zero-order valence-electron chi connectivity index (χ0n) is 18.6. The van der Waals surface area contributed by atoms with Crippen molar-refractivity contribution in [2.24, 2.45) is 0 Å². The molecule has 0 spiro atoms. The van der Waals surface area contributed by atoms with Crippen LogP contribution in [-0.2, 0) is 11.2 Å². The van der Waals surface area contributed by atoms with E-state index >= 15 is 0 Å². The van der Waals surface area contributed by atoms with Crippen LogP contribution in [0.5, 0.6) is 5.75 Å². The molecule has 1 heterocycles. The van der Waals surface area contributed by atoms with Gasteiger partial charge in [0.15, 0.2) is 5.13 Å². The molecular formula is C24H31N3O2S. The van der Waals surface area contributed by atoms with Crippen LogP contribution in [0.2, 0.25) is 0 Å². The van der Waals surface area contributed by atoms with Crippen molar-refractivity contribution < 1.29 is 9.53 Å². The lowest BCUT2D eigenvalue weighted by Crippen LogP contribution is -2.39. The highest BCUT2D eigenvalue weighted by atomic mass is 32.1. The van der Waals surface area contributed by atoms with Crippen LogP contribution >= 0.6 is 11.3 Å². The first-order valence-electron chi connectivity index (χ1n) is 10.5. The fourth-order valence-corrected chi connectivity index (χ4v) is 4.78. The minimum atomic E-state index is 0.0701. The van der Waals surface area contributed by atoms with Crippen molar-refractivity contribution in [3.05, 3.63) is 53.1 Å². The summed E-state index contributed by atoms with van der Waals surface area (Å²) in [7, 11) is 1.64. The van der Waals surface area contributed by atoms with Gasteiger partial charge in [-0.2, -0.15) is 0 Å². The number of amides is 1. The van der Waals surface area contributed by atoms with E-state index in [0.717, 1.165) is 51.9 Å². The number of benzene rings is 2. The number of methoxy groups -OCH3 is 1. The molecule has 0 saturated carbocycles. The van der Waals surface area contributed by atoms with E-state index in [1.54, 1.807) is 18.4 Å². The number of ether oxygens (including phenoxy) is 1. The summed E-state index contributed by atoms with van der Waals surface area (Å²) < 4.78 is 6.36. The Bertz CT molecular complexity index is 994. The van der Waals surface area contributed by atoms with Crippen LogP contribution < -0.4 is 9.64 Å². The highest BCUT2D eigenvalue weighted by Crippen LogP contribution is 2.32. The van der Waals surface area contributed by atoms with Crippen LogP contribution in [0.15, 0.2) is 36.4 Å². The summed E-state index contributed by atoms with van der Waals surface area (Å²) in [6.45, 7) is 11.9. The molecule has 6 heteroatoms. The van der Waals surface area contributed by atoms with Crippen LogP contribution in [-0.4, -0.2) is 49.1 Å². The standard InChI is InChI=1S/C24H31N3O2S/c1-6-26(7-2)12-13-27(22(28)16-19-8-10-20(29-5)11-9-19)24-25-23-18(4)14-17(3)15-21(23)30-24/h8-11,14-15H,6-7,12-13,16H2,1-5H3. The van der Waals surface area contributed by atoms with E-state index in [4.69, 9.17) is 9.72 Å². The predicted octanol–water partition coefficient (Wildman–Crippen LogP) is 4.84. The number of aromatic nitrogens is 1. The third kappa shape index (κ3) is 5.18. The Morgan fingerprint density at radius 2 is 1.77 bits per heavy atom. The Morgan fingerprint density at radius 1 is 1.07 bits per heavy atom. The molecule has 5 nitrogen and oxygen atoms in total. The number of anilines is 1. The summed E-state index contributed by atoms with van der Waals surface area (Å²) >= 11 is 1.60. The highest BCUT2D eigenvalue weighted by molar-refractivity contribution is 7.22. The van der Waals surface area contributed by atoms with E-state index in [2.05, 4.69) is 44.7 Å². The van der Waals surface area contributed by atoms with E-state index in [1.807, 2.05) is 29.2 Å². The molecule has 0 aliphatic heterocycles. The van der Waals surface area contributed by atoms with E-state index in [1.165, 1.54) is 5.56 Å². The molecular weight excluding hydrogens is 394 g/mol. The quantitative estimate of drug-likeness (QED) is 0.492. The molecule has 3 rings (SSSR count). The van der Waals surface area contributed by atoms with Gasteiger partial charge in [0.1, 0.15) is 5.75 Å². The highest BCUT2D eigenvalue weighted by Gasteiger charge is 2.21. The van der Waals surface area contributed by atoms with Crippen molar-refractivity contribution in [2.75, 3.05) is 38.2 Å². The molecule has 0 aliphatic carbocycles. The first-order valence-corrected chi connectivity index (χ1v) is 11.3. The second-order valence-electron chi connectivity index (χ2n) is 7.52. The van der Waals surface area contributed by atoms with E-state index in [9.17, 15) is 4.79 Å². The Hall–Kier alpha value is -2.44. The maximum absolute atomic E-state index is 13.3. The average molecular weight is 426 g/mol. The van der Waals surface area contributed by atoms with Gasteiger partial charge in [-0.1, -0.05) is 43.4 Å². The molecule has 0 bridgehead atoms. The van der Waals surface area contributed by atoms with Crippen molar-refractivity contribution in [1.29, 1.82) is 0 Å². The summed E-state index contributed by atoms with van der Waals surface area (Å²) in [5.41, 5.74) is 4.33. The largest absolute Gasteiger partial charge is 0.497 e. The molecule has 0 unspecified atom stereocenters. The minimum Gasteiger partial charge on any atom is -0.497 e. The average Bonchev–Trinajstić information content (AvgIpc) is 3.15. The molecule has 0 N–H and O–H groups in total. The van der Waals surface area contributed by atoms with E-state index in [-0.39, 0.29) is 5.91 Å². The SMILES string of the molecule is CCN(CC)CCN(C(=O)Cc1ccc(OC)cc1)c1nc2c(C)cc(C)cc2s1. The molecule has 1 amide bonds. The van der Waals surface area contributed by atoms with Crippen molar-refractivity contribution >= 4 is 32.6 Å². The van der Waals surface area contributed by atoms with Crippen molar-refractivity contribution in [3.8, 4) is 5.75 Å². The molecule has 1 aromatic heterocycles. The van der Waals surface area contributed by atoms with Crippen molar-refractivity contribution in [2.45, 2.75) is 34.1 Å². The maximum atomic E-state index is 13.3. The van der Waals surface area contributed by atoms with Crippen LogP contribution in [0.1, 0.15) is 30.5 Å².